The van der Waals surface area contributed by atoms with Crippen LogP contribution >= 0.6 is 11.6 Å². The Hall–Kier alpha value is -1.34. The maximum Gasteiger partial charge on any atom is 0.236 e. The van der Waals surface area contributed by atoms with E-state index in [1.165, 1.54) is 0 Å². The van der Waals surface area contributed by atoms with E-state index < -0.39 is 0 Å². The first kappa shape index (κ1) is 18.5. The quantitative estimate of drug-likeness (QED) is 0.756. The maximum atomic E-state index is 12.4. The molecule has 3 rings (SSSR count). The molecule has 0 spiro atoms. The second kappa shape index (κ2) is 9.38. The Bertz CT molecular complexity index is 558. The summed E-state index contributed by atoms with van der Waals surface area (Å²) in [6.07, 6.45) is 0. The van der Waals surface area contributed by atoms with Gasteiger partial charge in [-0.25, -0.2) is 0 Å². The zero-order valence-electron chi connectivity index (χ0n) is 14.5. The van der Waals surface area contributed by atoms with E-state index in [-0.39, 0.29) is 5.91 Å². The minimum absolute atomic E-state index is 0.233. The smallest absolute Gasteiger partial charge is 0.236 e. The van der Waals surface area contributed by atoms with E-state index in [4.69, 9.17) is 21.1 Å². The molecule has 1 aromatic rings. The van der Waals surface area contributed by atoms with Crippen LogP contribution in [0.25, 0.3) is 0 Å². The molecule has 2 heterocycles. The van der Waals surface area contributed by atoms with Crippen molar-refractivity contribution < 1.29 is 14.3 Å². The lowest BCUT2D eigenvalue weighted by Gasteiger charge is -2.36. The highest BCUT2D eigenvalue weighted by atomic mass is 35.5. The molecule has 0 aliphatic carbocycles. The fraction of sp³-hybridized carbons (Fsp3) is 0.611. The molecule has 2 aliphatic heterocycles. The van der Waals surface area contributed by atoms with Crippen molar-refractivity contribution in [3.05, 3.63) is 29.3 Å². The highest BCUT2D eigenvalue weighted by Crippen LogP contribution is 2.17. The molecule has 1 aromatic carbocycles. The molecule has 1 amide bonds. The molecule has 25 heavy (non-hydrogen) atoms. The Morgan fingerprint density at radius 3 is 2.56 bits per heavy atom. The number of rotatable bonds is 6. The van der Waals surface area contributed by atoms with Gasteiger partial charge in [0.25, 0.3) is 0 Å². The molecule has 0 saturated carbocycles. The summed E-state index contributed by atoms with van der Waals surface area (Å²) in [5.41, 5.74) is 0. The lowest BCUT2D eigenvalue weighted by atomic mass is 10.3. The van der Waals surface area contributed by atoms with Crippen LogP contribution in [0.3, 0.4) is 0 Å². The number of carbonyl (C=O) groups excluding carboxylic acids is 1. The van der Waals surface area contributed by atoms with Gasteiger partial charge in [-0.15, -0.1) is 0 Å². The number of morpholine rings is 1. The van der Waals surface area contributed by atoms with Gasteiger partial charge in [0.1, 0.15) is 12.4 Å². The van der Waals surface area contributed by atoms with Crippen LogP contribution in [-0.4, -0.2) is 92.8 Å². The van der Waals surface area contributed by atoms with E-state index in [1.54, 1.807) is 0 Å². The largest absolute Gasteiger partial charge is 0.492 e. The normalized spacial score (nSPS) is 19.8. The minimum atomic E-state index is 0.233. The molecule has 0 atom stereocenters. The molecule has 2 aliphatic rings. The van der Waals surface area contributed by atoms with Crippen LogP contribution in [-0.2, 0) is 9.53 Å². The third-order valence-corrected chi connectivity index (χ3v) is 4.89. The van der Waals surface area contributed by atoms with Gasteiger partial charge in [-0.05, 0) is 18.2 Å². The second-order valence-corrected chi connectivity index (χ2v) is 6.85. The summed E-state index contributed by atoms with van der Waals surface area (Å²) in [6.45, 7) is 8.55. The number of amides is 1. The van der Waals surface area contributed by atoms with Crippen LogP contribution in [0.5, 0.6) is 5.75 Å². The van der Waals surface area contributed by atoms with Crippen LogP contribution < -0.4 is 4.74 Å². The molecule has 0 aromatic heterocycles. The molecule has 6 nitrogen and oxygen atoms in total. The topological polar surface area (TPSA) is 45.2 Å². The van der Waals surface area contributed by atoms with Gasteiger partial charge >= 0.3 is 0 Å². The van der Waals surface area contributed by atoms with E-state index >= 15 is 0 Å². The number of hydrogen-bond acceptors (Lipinski definition) is 5. The van der Waals surface area contributed by atoms with E-state index in [1.807, 2.05) is 29.2 Å². The molecule has 0 unspecified atom stereocenters. The number of benzene rings is 1. The van der Waals surface area contributed by atoms with E-state index in [2.05, 4.69) is 9.80 Å². The van der Waals surface area contributed by atoms with Crippen LogP contribution in [0, 0.1) is 0 Å². The SMILES string of the molecule is O=C(CN1CCOCC1)N1CCN(CCOc2cccc(Cl)c2)CC1. The van der Waals surface area contributed by atoms with E-state index in [9.17, 15) is 4.79 Å². The second-order valence-electron chi connectivity index (χ2n) is 6.42. The van der Waals surface area contributed by atoms with Crippen LogP contribution in [0.4, 0.5) is 0 Å². The number of nitrogens with zero attached hydrogens (tertiary/aromatic N) is 3. The van der Waals surface area contributed by atoms with Crippen molar-refractivity contribution in [1.29, 1.82) is 0 Å². The van der Waals surface area contributed by atoms with Gasteiger partial charge in [0.15, 0.2) is 0 Å². The van der Waals surface area contributed by atoms with Crippen molar-refractivity contribution in [2.24, 2.45) is 0 Å². The Morgan fingerprint density at radius 2 is 1.84 bits per heavy atom. The number of carbonyl (C=O) groups is 1. The van der Waals surface area contributed by atoms with Crippen molar-refractivity contribution in [2.45, 2.75) is 0 Å². The number of ether oxygens (including phenoxy) is 2. The van der Waals surface area contributed by atoms with Gasteiger partial charge in [-0.1, -0.05) is 17.7 Å². The fourth-order valence-electron chi connectivity index (χ4n) is 3.12. The van der Waals surface area contributed by atoms with Gasteiger partial charge < -0.3 is 14.4 Å². The lowest BCUT2D eigenvalue weighted by Crippen LogP contribution is -2.52. The van der Waals surface area contributed by atoms with Gasteiger partial charge in [0.2, 0.25) is 5.91 Å². The average molecular weight is 368 g/mol. The van der Waals surface area contributed by atoms with Gasteiger partial charge in [0, 0.05) is 50.8 Å². The summed E-state index contributed by atoms with van der Waals surface area (Å²) < 4.78 is 11.1. The Balaban J connectivity index is 1.33. The fourth-order valence-corrected chi connectivity index (χ4v) is 3.30. The molecule has 0 N–H and O–H groups in total. The first-order valence-electron chi connectivity index (χ1n) is 8.89. The zero-order valence-corrected chi connectivity index (χ0v) is 15.3. The summed E-state index contributed by atoms with van der Waals surface area (Å²) in [5.74, 6) is 1.03. The molecule has 0 bridgehead atoms. The van der Waals surface area contributed by atoms with Crippen LogP contribution in [0.15, 0.2) is 24.3 Å². The molecule has 2 saturated heterocycles. The molecule has 0 radical (unpaired) electrons. The van der Waals surface area contributed by atoms with Gasteiger partial charge in [-0.3, -0.25) is 14.6 Å². The van der Waals surface area contributed by atoms with Gasteiger partial charge in [-0.2, -0.15) is 0 Å². The molecule has 2 fully saturated rings. The van der Waals surface area contributed by atoms with Crippen molar-refractivity contribution in [3.63, 3.8) is 0 Å². The summed E-state index contributed by atoms with van der Waals surface area (Å²) in [5, 5.41) is 0.685. The summed E-state index contributed by atoms with van der Waals surface area (Å²) in [7, 11) is 0. The van der Waals surface area contributed by atoms with E-state index in [0.717, 1.165) is 64.8 Å². The summed E-state index contributed by atoms with van der Waals surface area (Å²) in [4.78, 5) is 18.9. The van der Waals surface area contributed by atoms with Crippen molar-refractivity contribution in [2.75, 3.05) is 72.2 Å². The average Bonchev–Trinajstić information content (AvgIpc) is 2.63. The van der Waals surface area contributed by atoms with Crippen LogP contribution in [0.2, 0.25) is 5.02 Å². The predicted octanol–water partition coefficient (Wildman–Crippen LogP) is 1.20. The predicted molar refractivity (Wildman–Crippen MR) is 97.2 cm³/mol. The van der Waals surface area contributed by atoms with Crippen molar-refractivity contribution in [1.82, 2.24) is 14.7 Å². The third-order valence-electron chi connectivity index (χ3n) is 4.66. The van der Waals surface area contributed by atoms with Gasteiger partial charge in [0.05, 0.1) is 19.8 Å². The molecule has 7 heteroatoms. The van der Waals surface area contributed by atoms with E-state index in [0.29, 0.717) is 18.2 Å². The zero-order chi connectivity index (χ0) is 17.5. The number of piperazine rings is 1. The minimum Gasteiger partial charge on any atom is -0.492 e. The molecular weight excluding hydrogens is 342 g/mol. The monoisotopic (exact) mass is 367 g/mol. The maximum absolute atomic E-state index is 12.4. The van der Waals surface area contributed by atoms with Crippen molar-refractivity contribution >= 4 is 17.5 Å². The highest BCUT2D eigenvalue weighted by Gasteiger charge is 2.23. The Morgan fingerprint density at radius 1 is 1.08 bits per heavy atom. The lowest BCUT2D eigenvalue weighted by molar-refractivity contribution is -0.135. The summed E-state index contributed by atoms with van der Waals surface area (Å²) in [6, 6.07) is 7.45. The van der Waals surface area contributed by atoms with Crippen LogP contribution in [0.1, 0.15) is 0 Å². The molecular formula is C18H26ClN3O3. The number of hydrogen-bond donors (Lipinski definition) is 0. The highest BCUT2D eigenvalue weighted by molar-refractivity contribution is 6.30. The Kier molecular flexibility index (Phi) is 6.93. The standard InChI is InChI=1S/C18H26ClN3O3/c19-16-2-1-3-17(14-16)25-13-10-20-4-6-22(7-5-20)18(23)15-21-8-11-24-12-9-21/h1-3,14H,4-13,15H2. The van der Waals surface area contributed by atoms with Crippen molar-refractivity contribution in [3.8, 4) is 5.75 Å². The summed E-state index contributed by atoms with van der Waals surface area (Å²) >= 11 is 5.95. The number of halogens is 1. The third kappa shape index (κ3) is 5.85. The molecule has 138 valence electrons. The first-order chi connectivity index (χ1) is 12.2. The Labute approximate surface area is 154 Å². The first-order valence-corrected chi connectivity index (χ1v) is 9.27.